The first-order valence-electron chi connectivity index (χ1n) is 6.86. The highest BCUT2D eigenvalue weighted by Crippen LogP contribution is 2.28. The second-order valence-electron chi connectivity index (χ2n) is 5.28. The lowest BCUT2D eigenvalue weighted by Crippen LogP contribution is -2.48. The van der Waals surface area contributed by atoms with Crippen molar-refractivity contribution < 1.29 is 14.3 Å². The van der Waals surface area contributed by atoms with Gasteiger partial charge < -0.3 is 14.8 Å². The molecule has 0 aliphatic heterocycles. The summed E-state index contributed by atoms with van der Waals surface area (Å²) in [6.45, 7) is 5.56. The molecule has 0 aliphatic rings. The molecule has 0 spiro atoms. The minimum Gasteiger partial charge on any atom is -0.493 e. The monoisotopic (exact) mass is 300 g/mol. The van der Waals surface area contributed by atoms with Crippen LogP contribution in [-0.2, 0) is 0 Å². The summed E-state index contributed by atoms with van der Waals surface area (Å²) in [4.78, 5) is 12.3. The maximum atomic E-state index is 12.3. The molecule has 0 radical (unpaired) electrons. The van der Waals surface area contributed by atoms with Crippen LogP contribution in [0.25, 0.3) is 0 Å². The number of benzene rings is 1. The molecule has 1 N–H and O–H groups in total. The van der Waals surface area contributed by atoms with E-state index in [9.17, 15) is 10.1 Å². The fourth-order valence-corrected chi connectivity index (χ4v) is 1.66. The Balaban J connectivity index is 3.01. The minimum absolute atomic E-state index is 0.0263. The standard InChI is InChI=1S/C17H20N2O3/c1-6-9-22-14-8-7-13(10-15(14)21-5)16(20)19-17(4,11-18)12(2)3/h1,7-8,10,12H,9H2,2-5H3,(H,19,20). The van der Waals surface area contributed by atoms with Crippen LogP contribution in [-0.4, -0.2) is 25.2 Å². The molecule has 1 aromatic rings. The van der Waals surface area contributed by atoms with Crippen LogP contribution in [0.1, 0.15) is 31.1 Å². The van der Waals surface area contributed by atoms with E-state index < -0.39 is 5.54 Å². The highest BCUT2D eigenvalue weighted by molar-refractivity contribution is 5.95. The van der Waals surface area contributed by atoms with Crippen LogP contribution in [0.3, 0.4) is 0 Å². The van der Waals surface area contributed by atoms with Crippen LogP contribution in [0.5, 0.6) is 11.5 Å². The van der Waals surface area contributed by atoms with Crippen LogP contribution < -0.4 is 14.8 Å². The molecule has 22 heavy (non-hydrogen) atoms. The Hall–Kier alpha value is -2.66. The molecule has 116 valence electrons. The SMILES string of the molecule is C#CCOc1ccc(C(=O)NC(C)(C#N)C(C)C)cc1OC. The zero-order valence-electron chi connectivity index (χ0n) is 13.3. The number of nitrogens with zero attached hydrogens (tertiary/aromatic N) is 1. The first kappa shape index (κ1) is 17.4. The lowest BCUT2D eigenvalue weighted by molar-refractivity contribution is 0.0907. The zero-order chi connectivity index (χ0) is 16.8. The number of methoxy groups -OCH3 is 1. The summed E-state index contributed by atoms with van der Waals surface area (Å²) in [7, 11) is 1.48. The third kappa shape index (κ3) is 3.93. The van der Waals surface area contributed by atoms with Crippen LogP contribution >= 0.6 is 0 Å². The normalized spacial score (nSPS) is 12.7. The van der Waals surface area contributed by atoms with Gasteiger partial charge in [0, 0.05) is 5.56 Å². The Morgan fingerprint density at radius 3 is 2.64 bits per heavy atom. The van der Waals surface area contributed by atoms with Gasteiger partial charge in [-0.25, -0.2) is 0 Å². The lowest BCUT2D eigenvalue weighted by atomic mass is 9.89. The molecule has 0 aromatic heterocycles. The number of carbonyl (C=O) groups is 1. The predicted octanol–water partition coefficient (Wildman–Crippen LogP) is 2.38. The Labute approximate surface area is 131 Å². The van der Waals surface area contributed by atoms with Gasteiger partial charge in [0.2, 0.25) is 0 Å². The number of terminal acetylenes is 1. The molecule has 5 heteroatoms. The van der Waals surface area contributed by atoms with Crippen molar-refractivity contribution in [1.29, 1.82) is 5.26 Å². The smallest absolute Gasteiger partial charge is 0.252 e. The number of hydrogen-bond donors (Lipinski definition) is 1. The molecule has 0 aliphatic carbocycles. The number of hydrogen-bond acceptors (Lipinski definition) is 4. The molecule has 0 saturated carbocycles. The van der Waals surface area contributed by atoms with E-state index in [-0.39, 0.29) is 18.4 Å². The number of nitriles is 1. The van der Waals surface area contributed by atoms with Crippen molar-refractivity contribution in [2.75, 3.05) is 13.7 Å². The number of rotatable bonds is 6. The van der Waals surface area contributed by atoms with Gasteiger partial charge in [0.1, 0.15) is 12.1 Å². The summed E-state index contributed by atoms with van der Waals surface area (Å²) in [5.74, 6) is 2.86. The molecule has 1 aromatic carbocycles. The molecule has 1 rings (SSSR count). The van der Waals surface area contributed by atoms with Gasteiger partial charge in [0.05, 0.1) is 13.2 Å². The van der Waals surface area contributed by atoms with Gasteiger partial charge in [-0.3, -0.25) is 4.79 Å². The van der Waals surface area contributed by atoms with Gasteiger partial charge in [0.15, 0.2) is 11.5 Å². The van der Waals surface area contributed by atoms with E-state index in [1.807, 2.05) is 13.8 Å². The first-order valence-corrected chi connectivity index (χ1v) is 6.86. The van der Waals surface area contributed by atoms with Gasteiger partial charge in [-0.2, -0.15) is 5.26 Å². The van der Waals surface area contributed by atoms with E-state index in [1.165, 1.54) is 7.11 Å². The molecule has 0 bridgehead atoms. The van der Waals surface area contributed by atoms with Crippen molar-refractivity contribution in [3.8, 4) is 29.9 Å². The maximum Gasteiger partial charge on any atom is 0.252 e. The zero-order valence-corrected chi connectivity index (χ0v) is 13.3. The molecule has 0 fully saturated rings. The number of amides is 1. The van der Waals surface area contributed by atoms with E-state index >= 15 is 0 Å². The molecule has 1 amide bonds. The Kier molecular flexibility index (Phi) is 5.83. The summed E-state index contributed by atoms with van der Waals surface area (Å²) < 4.78 is 10.5. The van der Waals surface area contributed by atoms with Crippen molar-refractivity contribution in [1.82, 2.24) is 5.32 Å². The second-order valence-corrected chi connectivity index (χ2v) is 5.28. The maximum absolute atomic E-state index is 12.3. The lowest BCUT2D eigenvalue weighted by Gasteiger charge is -2.27. The fraction of sp³-hybridized carbons (Fsp3) is 0.412. The van der Waals surface area contributed by atoms with Crippen LogP contribution in [0.4, 0.5) is 0 Å². The van der Waals surface area contributed by atoms with Gasteiger partial charge in [0.25, 0.3) is 5.91 Å². The van der Waals surface area contributed by atoms with Gasteiger partial charge >= 0.3 is 0 Å². The molecule has 1 atom stereocenters. The summed E-state index contributed by atoms with van der Waals surface area (Å²) in [6.07, 6.45) is 5.15. The van der Waals surface area contributed by atoms with E-state index in [0.29, 0.717) is 17.1 Å². The quantitative estimate of drug-likeness (QED) is 0.819. The van der Waals surface area contributed by atoms with Crippen molar-refractivity contribution >= 4 is 5.91 Å². The Morgan fingerprint density at radius 1 is 1.45 bits per heavy atom. The molecule has 1 unspecified atom stereocenters. The van der Waals surface area contributed by atoms with Crippen molar-refractivity contribution in [3.05, 3.63) is 23.8 Å². The van der Waals surface area contributed by atoms with Crippen LogP contribution in [0.15, 0.2) is 18.2 Å². The largest absolute Gasteiger partial charge is 0.493 e. The first-order chi connectivity index (χ1) is 10.4. The van der Waals surface area contributed by atoms with E-state index in [1.54, 1.807) is 25.1 Å². The van der Waals surface area contributed by atoms with Crippen molar-refractivity contribution in [3.63, 3.8) is 0 Å². The third-order valence-corrected chi connectivity index (χ3v) is 3.50. The molecule has 0 saturated heterocycles. The third-order valence-electron chi connectivity index (χ3n) is 3.50. The number of ether oxygens (including phenoxy) is 2. The number of nitrogens with one attached hydrogen (secondary N) is 1. The van der Waals surface area contributed by atoms with Gasteiger partial charge in [-0.1, -0.05) is 19.8 Å². The topological polar surface area (TPSA) is 71.3 Å². The average Bonchev–Trinajstić information content (AvgIpc) is 2.52. The van der Waals surface area contributed by atoms with E-state index in [2.05, 4.69) is 17.3 Å². The predicted molar refractivity (Wildman–Crippen MR) is 83.6 cm³/mol. The minimum atomic E-state index is -0.942. The van der Waals surface area contributed by atoms with Gasteiger partial charge in [-0.05, 0) is 31.0 Å². The molecule has 5 nitrogen and oxygen atoms in total. The summed E-state index contributed by atoms with van der Waals surface area (Å²) in [5.41, 5.74) is -0.560. The highest BCUT2D eigenvalue weighted by Gasteiger charge is 2.30. The second kappa shape index (κ2) is 7.38. The Bertz CT molecular complexity index is 626. The Morgan fingerprint density at radius 2 is 2.14 bits per heavy atom. The van der Waals surface area contributed by atoms with Crippen LogP contribution in [0, 0.1) is 29.6 Å². The van der Waals surface area contributed by atoms with E-state index in [4.69, 9.17) is 15.9 Å². The average molecular weight is 300 g/mol. The van der Waals surface area contributed by atoms with E-state index in [0.717, 1.165) is 0 Å². The number of carbonyl (C=O) groups excluding carboxylic acids is 1. The highest BCUT2D eigenvalue weighted by atomic mass is 16.5. The summed E-state index contributed by atoms with van der Waals surface area (Å²) in [5, 5.41) is 12.0. The fourth-order valence-electron chi connectivity index (χ4n) is 1.66. The van der Waals surface area contributed by atoms with Crippen molar-refractivity contribution in [2.45, 2.75) is 26.3 Å². The molecular formula is C17H20N2O3. The molecule has 0 heterocycles. The van der Waals surface area contributed by atoms with Crippen LogP contribution in [0.2, 0.25) is 0 Å². The van der Waals surface area contributed by atoms with Crippen molar-refractivity contribution in [2.24, 2.45) is 5.92 Å². The molecular weight excluding hydrogens is 280 g/mol. The van der Waals surface area contributed by atoms with Gasteiger partial charge in [-0.15, -0.1) is 6.42 Å². The summed E-state index contributed by atoms with van der Waals surface area (Å²) in [6, 6.07) is 6.91. The summed E-state index contributed by atoms with van der Waals surface area (Å²) >= 11 is 0.